The number of nitrogens with one attached hydrogen (secondary N) is 1. The number of rotatable bonds is 4. The highest BCUT2D eigenvalue weighted by Gasteiger charge is 2.35. The Bertz CT molecular complexity index is 803. The van der Waals surface area contributed by atoms with Crippen LogP contribution in [0.15, 0.2) is 48.5 Å². The van der Waals surface area contributed by atoms with E-state index in [4.69, 9.17) is 11.6 Å². The van der Waals surface area contributed by atoms with Crippen LogP contribution in [0.4, 0.5) is 5.69 Å². The van der Waals surface area contributed by atoms with E-state index in [0.29, 0.717) is 10.7 Å². The van der Waals surface area contributed by atoms with Crippen LogP contribution in [-0.2, 0) is 9.59 Å². The predicted octanol–water partition coefficient (Wildman–Crippen LogP) is 4.65. The van der Waals surface area contributed by atoms with Crippen molar-refractivity contribution in [3.63, 3.8) is 0 Å². The second-order valence-corrected chi connectivity index (χ2v) is 7.01. The molecule has 0 radical (unpaired) electrons. The smallest absolute Gasteiger partial charge is 0.244 e. The topological polar surface area (TPSA) is 49.4 Å². The highest BCUT2D eigenvalue weighted by Crippen LogP contribution is 2.38. The summed E-state index contributed by atoms with van der Waals surface area (Å²) >= 11 is 6.25. The molecule has 0 aliphatic carbocycles. The molecule has 2 amide bonds. The van der Waals surface area contributed by atoms with Gasteiger partial charge in [0.15, 0.2) is 0 Å². The van der Waals surface area contributed by atoms with Gasteiger partial charge in [-0.3, -0.25) is 9.59 Å². The van der Waals surface area contributed by atoms with E-state index in [-0.39, 0.29) is 30.3 Å². The molecule has 0 saturated carbocycles. The second kappa shape index (κ2) is 7.92. The molecule has 26 heavy (non-hydrogen) atoms. The molecule has 136 valence electrons. The van der Waals surface area contributed by atoms with Gasteiger partial charge in [0.05, 0.1) is 6.04 Å². The number of carbonyl (C=O) groups is 2. The SMILES string of the molecule is CCC(CC)C(=O)N1CC(=O)Nc2ccc(Cl)cc2[C@@H]1c1ccccc1. The van der Waals surface area contributed by atoms with Crippen LogP contribution in [0.2, 0.25) is 5.02 Å². The van der Waals surface area contributed by atoms with Gasteiger partial charge >= 0.3 is 0 Å². The molecule has 1 aliphatic heterocycles. The minimum Gasteiger partial charge on any atom is -0.324 e. The van der Waals surface area contributed by atoms with Crippen LogP contribution >= 0.6 is 11.6 Å². The van der Waals surface area contributed by atoms with Gasteiger partial charge in [-0.1, -0.05) is 55.8 Å². The third-order valence-electron chi connectivity index (χ3n) is 4.94. The monoisotopic (exact) mass is 370 g/mol. The summed E-state index contributed by atoms with van der Waals surface area (Å²) in [5.74, 6) is -0.284. The second-order valence-electron chi connectivity index (χ2n) is 6.57. The molecule has 2 aromatic carbocycles. The first kappa shape index (κ1) is 18.5. The van der Waals surface area contributed by atoms with E-state index >= 15 is 0 Å². The molecular weight excluding hydrogens is 348 g/mol. The largest absolute Gasteiger partial charge is 0.324 e. The number of carbonyl (C=O) groups excluding carboxylic acids is 2. The Balaban J connectivity index is 2.17. The summed E-state index contributed by atoms with van der Waals surface area (Å²) in [6, 6.07) is 14.8. The van der Waals surface area contributed by atoms with E-state index in [0.717, 1.165) is 24.0 Å². The molecule has 1 heterocycles. The van der Waals surface area contributed by atoms with Gasteiger partial charge in [0.1, 0.15) is 6.54 Å². The average molecular weight is 371 g/mol. The van der Waals surface area contributed by atoms with Crippen molar-refractivity contribution in [1.82, 2.24) is 4.90 Å². The molecule has 1 atom stereocenters. The van der Waals surface area contributed by atoms with Gasteiger partial charge in [-0.25, -0.2) is 0 Å². The number of benzene rings is 2. The molecule has 4 nitrogen and oxygen atoms in total. The zero-order valence-corrected chi connectivity index (χ0v) is 15.8. The van der Waals surface area contributed by atoms with Crippen molar-refractivity contribution in [1.29, 1.82) is 0 Å². The summed E-state index contributed by atoms with van der Waals surface area (Å²) in [5.41, 5.74) is 2.51. The van der Waals surface area contributed by atoms with Gasteiger partial charge in [-0.2, -0.15) is 0 Å². The lowest BCUT2D eigenvalue weighted by molar-refractivity contribution is -0.140. The van der Waals surface area contributed by atoms with E-state index in [1.807, 2.05) is 50.2 Å². The minimum absolute atomic E-state index is 0.00632. The minimum atomic E-state index is -0.350. The summed E-state index contributed by atoms with van der Waals surface area (Å²) < 4.78 is 0. The van der Waals surface area contributed by atoms with Gasteiger partial charge in [0.2, 0.25) is 11.8 Å². The molecule has 0 unspecified atom stereocenters. The van der Waals surface area contributed by atoms with Crippen LogP contribution in [0.3, 0.4) is 0 Å². The molecule has 3 rings (SSSR count). The van der Waals surface area contributed by atoms with Gasteiger partial charge in [-0.15, -0.1) is 0 Å². The van der Waals surface area contributed by atoms with Crippen LogP contribution in [0.25, 0.3) is 0 Å². The van der Waals surface area contributed by atoms with Crippen molar-refractivity contribution in [3.05, 3.63) is 64.7 Å². The van der Waals surface area contributed by atoms with Crippen molar-refractivity contribution < 1.29 is 9.59 Å². The zero-order valence-electron chi connectivity index (χ0n) is 15.0. The number of nitrogens with zero attached hydrogens (tertiary/aromatic N) is 1. The third kappa shape index (κ3) is 3.61. The summed E-state index contributed by atoms with van der Waals surface area (Å²) in [6.07, 6.45) is 1.49. The Hall–Kier alpha value is -2.33. The standard InChI is InChI=1S/C21H23ClN2O2/c1-3-14(4-2)21(26)24-13-19(25)23-18-11-10-16(22)12-17(18)20(24)15-8-6-5-7-9-15/h5-12,14,20H,3-4,13H2,1-2H3,(H,23,25)/t20-/m0/s1. The van der Waals surface area contributed by atoms with Crippen LogP contribution in [0.5, 0.6) is 0 Å². The summed E-state index contributed by atoms with van der Waals surface area (Å²) in [7, 11) is 0. The Morgan fingerprint density at radius 2 is 1.88 bits per heavy atom. The molecule has 1 N–H and O–H groups in total. The fraction of sp³-hybridized carbons (Fsp3) is 0.333. The zero-order chi connectivity index (χ0) is 18.7. The van der Waals surface area contributed by atoms with Crippen LogP contribution in [-0.4, -0.2) is 23.3 Å². The molecule has 0 saturated heterocycles. The molecule has 0 bridgehead atoms. The number of amides is 2. The van der Waals surface area contributed by atoms with E-state index in [1.165, 1.54) is 0 Å². The molecule has 2 aromatic rings. The first-order valence-corrected chi connectivity index (χ1v) is 9.37. The maximum absolute atomic E-state index is 13.3. The Morgan fingerprint density at radius 3 is 2.54 bits per heavy atom. The maximum Gasteiger partial charge on any atom is 0.244 e. The van der Waals surface area contributed by atoms with Crippen LogP contribution in [0.1, 0.15) is 43.9 Å². The Labute approximate surface area is 159 Å². The van der Waals surface area contributed by atoms with Crippen molar-refractivity contribution in [2.75, 3.05) is 11.9 Å². The fourth-order valence-electron chi connectivity index (χ4n) is 3.55. The lowest BCUT2D eigenvalue weighted by atomic mass is 9.93. The van der Waals surface area contributed by atoms with E-state index in [1.54, 1.807) is 17.0 Å². The van der Waals surface area contributed by atoms with Crippen molar-refractivity contribution in [3.8, 4) is 0 Å². The van der Waals surface area contributed by atoms with E-state index in [9.17, 15) is 9.59 Å². The van der Waals surface area contributed by atoms with Crippen molar-refractivity contribution in [2.45, 2.75) is 32.7 Å². The van der Waals surface area contributed by atoms with Gasteiger partial charge in [0, 0.05) is 22.2 Å². The van der Waals surface area contributed by atoms with Gasteiger partial charge in [0.25, 0.3) is 0 Å². The third-order valence-corrected chi connectivity index (χ3v) is 5.18. The molecule has 0 spiro atoms. The van der Waals surface area contributed by atoms with Gasteiger partial charge in [-0.05, 0) is 36.6 Å². The number of hydrogen-bond acceptors (Lipinski definition) is 2. The molecule has 5 heteroatoms. The van der Waals surface area contributed by atoms with Crippen molar-refractivity contribution in [2.24, 2.45) is 5.92 Å². The van der Waals surface area contributed by atoms with Gasteiger partial charge < -0.3 is 10.2 Å². The number of halogens is 1. The van der Waals surface area contributed by atoms with E-state index < -0.39 is 0 Å². The quantitative estimate of drug-likeness (QED) is 0.851. The number of anilines is 1. The van der Waals surface area contributed by atoms with Crippen LogP contribution in [0, 0.1) is 5.92 Å². The van der Waals surface area contributed by atoms with Crippen molar-refractivity contribution >= 4 is 29.1 Å². The van der Waals surface area contributed by atoms with E-state index in [2.05, 4.69) is 5.32 Å². The van der Waals surface area contributed by atoms with Crippen LogP contribution < -0.4 is 5.32 Å². The molecule has 1 aliphatic rings. The molecule has 0 aromatic heterocycles. The highest BCUT2D eigenvalue weighted by atomic mass is 35.5. The maximum atomic E-state index is 13.3. The summed E-state index contributed by atoms with van der Waals surface area (Å²) in [6.45, 7) is 4.04. The number of fused-ring (bicyclic) bond motifs is 1. The molecular formula is C21H23ClN2O2. The first-order valence-electron chi connectivity index (χ1n) is 8.99. The normalized spacial score (nSPS) is 16.8. The Kier molecular flexibility index (Phi) is 5.62. The molecule has 0 fully saturated rings. The predicted molar refractivity (Wildman–Crippen MR) is 104 cm³/mol. The average Bonchev–Trinajstić information content (AvgIpc) is 2.79. The Morgan fingerprint density at radius 1 is 1.19 bits per heavy atom. The lowest BCUT2D eigenvalue weighted by Gasteiger charge is -2.33. The lowest BCUT2D eigenvalue weighted by Crippen LogP contribution is -2.42. The summed E-state index contributed by atoms with van der Waals surface area (Å²) in [4.78, 5) is 27.4. The summed E-state index contributed by atoms with van der Waals surface area (Å²) in [5, 5.41) is 3.50. The first-order chi connectivity index (χ1) is 12.5. The fourth-order valence-corrected chi connectivity index (χ4v) is 3.73. The number of hydrogen-bond donors (Lipinski definition) is 1. The highest BCUT2D eigenvalue weighted by molar-refractivity contribution is 6.30.